The summed E-state index contributed by atoms with van der Waals surface area (Å²) in [6.07, 6.45) is 2.23. The van der Waals surface area contributed by atoms with E-state index in [0.29, 0.717) is 33.4 Å². The molecule has 6 heteroatoms. The van der Waals surface area contributed by atoms with Gasteiger partial charge in [-0.25, -0.2) is 0 Å². The Labute approximate surface area is 126 Å². The average molecular weight is 311 g/mol. The number of hydrogen-bond acceptors (Lipinski definition) is 4. The summed E-state index contributed by atoms with van der Waals surface area (Å²) in [7, 11) is 0. The second-order valence-electron chi connectivity index (χ2n) is 4.13. The number of hydrogen-bond donors (Lipinski definition) is 0. The molecule has 0 bridgehead atoms. The Morgan fingerprint density at radius 3 is 2.75 bits per heavy atom. The monoisotopic (exact) mass is 310 g/mol. The van der Waals surface area contributed by atoms with E-state index < -0.39 is 0 Å². The van der Waals surface area contributed by atoms with Crippen LogP contribution in [0.4, 0.5) is 0 Å². The van der Waals surface area contributed by atoms with Crippen LogP contribution in [0.1, 0.15) is 31.1 Å². The van der Waals surface area contributed by atoms with Crippen molar-refractivity contribution < 1.29 is 9.32 Å². The highest BCUT2D eigenvalue weighted by molar-refractivity contribution is 6.43. The molecule has 1 heterocycles. The molecular weight excluding hydrogens is 299 g/mol. The van der Waals surface area contributed by atoms with E-state index in [1.807, 2.05) is 6.92 Å². The summed E-state index contributed by atoms with van der Waals surface area (Å²) in [5.41, 5.74) is 0.932. The fourth-order valence-electron chi connectivity index (χ4n) is 1.61. The molecule has 0 aliphatic rings. The molecule has 0 saturated heterocycles. The molecule has 1 aromatic heterocycles. The number of rotatable bonds is 4. The number of benzene rings is 1. The number of aromatic nitrogens is 2. The van der Waals surface area contributed by atoms with Crippen molar-refractivity contribution in [1.29, 1.82) is 0 Å². The Balaban J connectivity index is 2.50. The lowest BCUT2D eigenvalue weighted by Crippen LogP contribution is -1.97. The van der Waals surface area contributed by atoms with E-state index in [0.717, 1.165) is 0 Å². The summed E-state index contributed by atoms with van der Waals surface area (Å²) in [5.74, 6) is 0.544. The van der Waals surface area contributed by atoms with Gasteiger partial charge in [-0.2, -0.15) is 4.98 Å². The summed E-state index contributed by atoms with van der Waals surface area (Å²) in [6.45, 7) is 3.33. The molecule has 0 radical (unpaired) electrons. The number of halogens is 2. The maximum Gasteiger partial charge on any atom is 0.261 e. The van der Waals surface area contributed by atoms with E-state index in [9.17, 15) is 4.79 Å². The molecule has 0 aliphatic heterocycles. The lowest BCUT2D eigenvalue weighted by Gasteiger charge is -2.02. The Kier molecular flexibility index (Phi) is 4.57. The van der Waals surface area contributed by atoms with Crippen LogP contribution >= 0.6 is 23.2 Å². The highest BCUT2D eigenvalue weighted by Crippen LogP contribution is 2.29. The van der Waals surface area contributed by atoms with E-state index in [2.05, 4.69) is 10.1 Å². The zero-order valence-corrected chi connectivity index (χ0v) is 12.5. The SMILES string of the molecule is CCc1noc(/C(=C\c2cccc(Cl)c2Cl)C(C)=O)n1. The van der Waals surface area contributed by atoms with Crippen molar-refractivity contribution in [2.24, 2.45) is 0 Å². The Bertz CT molecular complexity index is 678. The number of aryl methyl sites for hydroxylation is 1. The first-order chi connectivity index (χ1) is 9.52. The van der Waals surface area contributed by atoms with Crippen LogP contribution in [0.5, 0.6) is 0 Å². The lowest BCUT2D eigenvalue weighted by atomic mass is 10.1. The van der Waals surface area contributed by atoms with Crippen LogP contribution in [0.15, 0.2) is 22.7 Å². The highest BCUT2D eigenvalue weighted by Gasteiger charge is 2.16. The van der Waals surface area contributed by atoms with Crippen LogP contribution in [0.2, 0.25) is 10.0 Å². The van der Waals surface area contributed by atoms with Gasteiger partial charge in [0.2, 0.25) is 0 Å². The van der Waals surface area contributed by atoms with Gasteiger partial charge in [0.15, 0.2) is 11.6 Å². The number of carbonyl (C=O) groups is 1. The summed E-state index contributed by atoms with van der Waals surface area (Å²) in [4.78, 5) is 15.9. The predicted molar refractivity (Wildman–Crippen MR) is 78.7 cm³/mol. The van der Waals surface area contributed by atoms with Gasteiger partial charge in [0.25, 0.3) is 5.89 Å². The topological polar surface area (TPSA) is 56.0 Å². The fraction of sp³-hybridized carbons (Fsp3) is 0.214. The van der Waals surface area contributed by atoms with Crippen LogP contribution < -0.4 is 0 Å². The van der Waals surface area contributed by atoms with Crippen LogP contribution in [-0.4, -0.2) is 15.9 Å². The zero-order valence-electron chi connectivity index (χ0n) is 11.0. The van der Waals surface area contributed by atoms with Gasteiger partial charge in [0.1, 0.15) is 0 Å². The average Bonchev–Trinajstić information content (AvgIpc) is 2.88. The van der Waals surface area contributed by atoms with Crippen LogP contribution in [0, 0.1) is 0 Å². The van der Waals surface area contributed by atoms with Crippen molar-refractivity contribution in [1.82, 2.24) is 10.1 Å². The molecule has 0 saturated carbocycles. The third kappa shape index (κ3) is 3.08. The minimum Gasteiger partial charge on any atom is -0.334 e. The molecule has 104 valence electrons. The summed E-state index contributed by atoms with van der Waals surface area (Å²) < 4.78 is 5.10. The molecular formula is C14H12Cl2N2O2. The fourth-order valence-corrected chi connectivity index (χ4v) is 1.97. The van der Waals surface area contributed by atoms with Crippen LogP contribution in [0.3, 0.4) is 0 Å². The summed E-state index contributed by atoms with van der Waals surface area (Å²) >= 11 is 12.1. The van der Waals surface area contributed by atoms with Crippen molar-refractivity contribution in [3.63, 3.8) is 0 Å². The second kappa shape index (κ2) is 6.20. The summed E-state index contributed by atoms with van der Waals surface area (Å²) in [5, 5.41) is 4.58. The molecule has 2 aromatic rings. The molecule has 20 heavy (non-hydrogen) atoms. The minimum atomic E-state index is -0.188. The smallest absolute Gasteiger partial charge is 0.261 e. The van der Waals surface area contributed by atoms with Crippen LogP contribution in [0.25, 0.3) is 11.6 Å². The molecule has 4 nitrogen and oxygen atoms in total. The Hall–Kier alpha value is -1.65. The Morgan fingerprint density at radius 1 is 1.40 bits per heavy atom. The van der Waals surface area contributed by atoms with Gasteiger partial charge in [-0.05, 0) is 24.6 Å². The number of carbonyl (C=O) groups excluding carboxylic acids is 1. The van der Waals surface area contributed by atoms with E-state index in [1.54, 1.807) is 24.3 Å². The van der Waals surface area contributed by atoms with Gasteiger partial charge >= 0.3 is 0 Å². The zero-order chi connectivity index (χ0) is 14.7. The van der Waals surface area contributed by atoms with Crippen molar-refractivity contribution >= 4 is 40.6 Å². The molecule has 0 N–H and O–H groups in total. The first-order valence-electron chi connectivity index (χ1n) is 6.02. The molecule has 0 fully saturated rings. The molecule has 0 aliphatic carbocycles. The largest absolute Gasteiger partial charge is 0.334 e. The summed E-state index contributed by atoms with van der Waals surface area (Å²) in [6, 6.07) is 5.19. The number of allylic oxidation sites excluding steroid dienone is 1. The Morgan fingerprint density at radius 2 is 2.15 bits per heavy atom. The maximum absolute atomic E-state index is 11.8. The first-order valence-corrected chi connectivity index (χ1v) is 6.78. The molecule has 0 amide bonds. The third-order valence-electron chi connectivity index (χ3n) is 2.68. The van der Waals surface area contributed by atoms with Gasteiger partial charge in [-0.3, -0.25) is 4.79 Å². The van der Waals surface area contributed by atoms with E-state index >= 15 is 0 Å². The molecule has 1 aromatic carbocycles. The molecule has 0 unspecified atom stereocenters. The predicted octanol–water partition coefficient (Wildman–Crippen LogP) is 4.07. The van der Waals surface area contributed by atoms with Gasteiger partial charge in [0, 0.05) is 6.42 Å². The quantitative estimate of drug-likeness (QED) is 0.799. The number of nitrogens with zero attached hydrogens (tertiary/aromatic N) is 2. The third-order valence-corrected chi connectivity index (χ3v) is 3.51. The van der Waals surface area contributed by atoms with Crippen LogP contribution in [-0.2, 0) is 11.2 Å². The second-order valence-corrected chi connectivity index (χ2v) is 4.91. The number of Topliss-reactive ketones (excluding diaryl/α,β-unsaturated/α-hetero) is 1. The van der Waals surface area contributed by atoms with Crippen molar-refractivity contribution in [3.05, 3.63) is 45.5 Å². The molecule has 0 spiro atoms. The highest BCUT2D eigenvalue weighted by atomic mass is 35.5. The van der Waals surface area contributed by atoms with E-state index in [-0.39, 0.29) is 11.7 Å². The minimum absolute atomic E-state index is 0.186. The van der Waals surface area contributed by atoms with E-state index in [1.165, 1.54) is 6.92 Å². The lowest BCUT2D eigenvalue weighted by molar-refractivity contribution is -0.111. The molecule has 2 rings (SSSR count). The normalized spacial score (nSPS) is 11.7. The van der Waals surface area contributed by atoms with Gasteiger partial charge in [0.05, 0.1) is 15.6 Å². The van der Waals surface area contributed by atoms with Gasteiger partial charge < -0.3 is 4.52 Å². The number of ketones is 1. The van der Waals surface area contributed by atoms with Crippen molar-refractivity contribution in [2.75, 3.05) is 0 Å². The van der Waals surface area contributed by atoms with Crippen molar-refractivity contribution in [2.45, 2.75) is 20.3 Å². The maximum atomic E-state index is 11.8. The standard InChI is InChI=1S/C14H12Cl2N2O2/c1-3-12-17-14(20-18-12)10(8(2)19)7-9-5-4-6-11(15)13(9)16/h4-7H,3H2,1-2H3/b10-7-. The molecule has 0 atom stereocenters. The van der Waals surface area contributed by atoms with Gasteiger partial charge in [-0.15, -0.1) is 0 Å². The van der Waals surface area contributed by atoms with Crippen molar-refractivity contribution in [3.8, 4) is 0 Å². The van der Waals surface area contributed by atoms with E-state index in [4.69, 9.17) is 27.7 Å². The van der Waals surface area contributed by atoms with Gasteiger partial charge in [-0.1, -0.05) is 47.4 Å². The first kappa shape index (κ1) is 14.8.